The van der Waals surface area contributed by atoms with Crippen LogP contribution in [0.15, 0.2) is 61.2 Å². The second-order valence-electron chi connectivity index (χ2n) is 5.12. The van der Waals surface area contributed by atoms with Gasteiger partial charge in [-0.15, -0.1) is 0 Å². The summed E-state index contributed by atoms with van der Waals surface area (Å²) in [6.07, 6.45) is 4.63. The number of anilines is 2. The Kier molecular flexibility index (Phi) is 4.43. The Morgan fingerprint density at radius 3 is 2.12 bits per heavy atom. The van der Waals surface area contributed by atoms with E-state index in [1.54, 1.807) is 36.7 Å². The summed E-state index contributed by atoms with van der Waals surface area (Å²) in [6.45, 7) is 0.230. The maximum atomic E-state index is 13.5. The molecule has 0 bridgehead atoms. The zero-order chi connectivity index (χ0) is 16.9. The van der Waals surface area contributed by atoms with E-state index < -0.39 is 11.6 Å². The minimum Gasteiger partial charge on any atom is -0.334 e. The van der Waals surface area contributed by atoms with Crippen LogP contribution in [0.5, 0.6) is 0 Å². The first-order valence-electron chi connectivity index (χ1n) is 7.13. The average molecular weight is 322 g/mol. The molecule has 2 aromatic carbocycles. The number of rotatable bonds is 4. The second kappa shape index (κ2) is 6.84. The van der Waals surface area contributed by atoms with Crippen molar-refractivity contribution in [2.24, 2.45) is 0 Å². The molecule has 24 heavy (non-hydrogen) atoms. The van der Waals surface area contributed by atoms with E-state index in [4.69, 9.17) is 5.26 Å². The minimum atomic E-state index is -0.630. The fraction of sp³-hybridized carbons (Fsp3) is 0.0556. The summed E-state index contributed by atoms with van der Waals surface area (Å²) in [7, 11) is 0. The van der Waals surface area contributed by atoms with E-state index in [1.807, 2.05) is 4.90 Å². The van der Waals surface area contributed by atoms with Crippen molar-refractivity contribution in [2.45, 2.75) is 6.54 Å². The van der Waals surface area contributed by atoms with E-state index in [0.29, 0.717) is 16.8 Å². The van der Waals surface area contributed by atoms with Gasteiger partial charge in [-0.1, -0.05) is 0 Å². The molecule has 0 aliphatic rings. The van der Waals surface area contributed by atoms with Crippen LogP contribution >= 0.6 is 0 Å². The number of hydrogen-bond acceptors (Lipinski definition) is 4. The summed E-state index contributed by atoms with van der Waals surface area (Å²) in [5.74, 6) is -1.26. The predicted octanol–water partition coefficient (Wildman–Crippen LogP) is 3.96. The first-order valence-corrected chi connectivity index (χ1v) is 7.13. The standard InChI is InChI=1S/C18H12F2N4/c19-15-5-14(6-16(20)7-15)11-24(18-9-22-12-23-10-18)17-3-1-13(8-21)2-4-17/h1-7,9-10,12H,11H2. The molecule has 6 heteroatoms. The molecule has 0 unspecified atom stereocenters. The molecule has 0 fully saturated rings. The zero-order valence-corrected chi connectivity index (χ0v) is 12.5. The Bertz CT molecular complexity index is 854. The molecule has 0 saturated heterocycles. The molecule has 3 aromatic rings. The largest absolute Gasteiger partial charge is 0.334 e. The highest BCUT2D eigenvalue weighted by Crippen LogP contribution is 2.27. The lowest BCUT2D eigenvalue weighted by molar-refractivity contribution is 0.579. The Hall–Kier alpha value is -3.33. The van der Waals surface area contributed by atoms with E-state index in [2.05, 4.69) is 16.0 Å². The van der Waals surface area contributed by atoms with Crippen LogP contribution in [0.4, 0.5) is 20.2 Å². The fourth-order valence-electron chi connectivity index (χ4n) is 2.36. The number of halogens is 2. The summed E-state index contributed by atoms with van der Waals surface area (Å²) in [5.41, 5.74) is 2.43. The monoisotopic (exact) mass is 322 g/mol. The minimum absolute atomic E-state index is 0.230. The highest BCUT2D eigenvalue weighted by atomic mass is 19.1. The van der Waals surface area contributed by atoms with Crippen molar-refractivity contribution in [3.05, 3.63) is 83.9 Å². The van der Waals surface area contributed by atoms with Crippen molar-refractivity contribution in [1.82, 2.24) is 9.97 Å². The topological polar surface area (TPSA) is 52.8 Å². The first kappa shape index (κ1) is 15.6. The molecule has 3 rings (SSSR count). The summed E-state index contributed by atoms with van der Waals surface area (Å²) >= 11 is 0. The average Bonchev–Trinajstić information content (AvgIpc) is 2.60. The van der Waals surface area contributed by atoms with Gasteiger partial charge in [0.15, 0.2) is 0 Å². The van der Waals surface area contributed by atoms with Gasteiger partial charge < -0.3 is 4.90 Å². The van der Waals surface area contributed by atoms with Gasteiger partial charge in [0, 0.05) is 18.3 Å². The molecule has 0 N–H and O–H groups in total. The lowest BCUT2D eigenvalue weighted by Gasteiger charge is -2.24. The molecule has 0 aliphatic carbocycles. The number of benzene rings is 2. The van der Waals surface area contributed by atoms with Crippen LogP contribution in [0, 0.1) is 23.0 Å². The Labute approximate surface area is 137 Å². The molecule has 0 aliphatic heterocycles. The van der Waals surface area contributed by atoms with Gasteiger partial charge >= 0.3 is 0 Å². The van der Waals surface area contributed by atoms with Gasteiger partial charge in [0.25, 0.3) is 0 Å². The van der Waals surface area contributed by atoms with Crippen LogP contribution < -0.4 is 4.90 Å². The Morgan fingerprint density at radius 1 is 0.917 bits per heavy atom. The van der Waals surface area contributed by atoms with Gasteiger partial charge in [-0.05, 0) is 42.0 Å². The van der Waals surface area contributed by atoms with Crippen molar-refractivity contribution in [2.75, 3.05) is 4.90 Å². The quantitative estimate of drug-likeness (QED) is 0.729. The van der Waals surface area contributed by atoms with Crippen LogP contribution in [-0.2, 0) is 6.54 Å². The number of hydrogen-bond donors (Lipinski definition) is 0. The summed E-state index contributed by atoms with van der Waals surface area (Å²) in [6, 6.07) is 12.3. The van der Waals surface area contributed by atoms with Gasteiger partial charge in [0.2, 0.25) is 0 Å². The first-order chi connectivity index (χ1) is 11.7. The van der Waals surface area contributed by atoms with E-state index in [-0.39, 0.29) is 6.54 Å². The molecular weight excluding hydrogens is 310 g/mol. The summed E-state index contributed by atoms with van der Waals surface area (Å²) < 4.78 is 26.9. The molecule has 0 spiro atoms. The Balaban J connectivity index is 2.00. The number of nitrogens with zero attached hydrogens (tertiary/aromatic N) is 4. The van der Waals surface area contributed by atoms with Crippen LogP contribution in [0.25, 0.3) is 0 Å². The molecule has 0 atom stereocenters. The third-order valence-corrected chi connectivity index (χ3v) is 3.43. The molecular formula is C18H12F2N4. The van der Waals surface area contributed by atoms with Crippen molar-refractivity contribution in [3.63, 3.8) is 0 Å². The molecule has 0 amide bonds. The highest BCUT2D eigenvalue weighted by molar-refractivity contribution is 5.62. The van der Waals surface area contributed by atoms with Gasteiger partial charge in [0.1, 0.15) is 18.0 Å². The van der Waals surface area contributed by atoms with Crippen LogP contribution in [0.2, 0.25) is 0 Å². The van der Waals surface area contributed by atoms with Gasteiger partial charge in [0.05, 0.1) is 29.7 Å². The molecule has 1 aromatic heterocycles. The zero-order valence-electron chi connectivity index (χ0n) is 12.5. The molecule has 4 nitrogen and oxygen atoms in total. The molecule has 0 radical (unpaired) electrons. The van der Waals surface area contributed by atoms with E-state index in [0.717, 1.165) is 11.8 Å². The molecule has 1 heterocycles. The van der Waals surface area contributed by atoms with Gasteiger partial charge in [-0.25, -0.2) is 18.7 Å². The number of aromatic nitrogens is 2. The maximum Gasteiger partial charge on any atom is 0.126 e. The number of nitriles is 1. The van der Waals surface area contributed by atoms with E-state index in [1.165, 1.54) is 18.5 Å². The van der Waals surface area contributed by atoms with E-state index >= 15 is 0 Å². The molecule has 118 valence electrons. The Morgan fingerprint density at radius 2 is 1.54 bits per heavy atom. The van der Waals surface area contributed by atoms with Crippen LogP contribution in [0.3, 0.4) is 0 Å². The van der Waals surface area contributed by atoms with Crippen molar-refractivity contribution < 1.29 is 8.78 Å². The normalized spacial score (nSPS) is 10.2. The third-order valence-electron chi connectivity index (χ3n) is 3.43. The van der Waals surface area contributed by atoms with Gasteiger partial charge in [-0.3, -0.25) is 0 Å². The SMILES string of the molecule is N#Cc1ccc(N(Cc2cc(F)cc(F)c2)c2cncnc2)cc1. The predicted molar refractivity (Wildman–Crippen MR) is 85.4 cm³/mol. The van der Waals surface area contributed by atoms with Crippen molar-refractivity contribution >= 4 is 11.4 Å². The third kappa shape index (κ3) is 3.52. The van der Waals surface area contributed by atoms with Crippen molar-refractivity contribution in [1.29, 1.82) is 5.26 Å². The molecule has 0 saturated carbocycles. The maximum absolute atomic E-state index is 13.5. The van der Waals surface area contributed by atoms with Gasteiger partial charge in [-0.2, -0.15) is 5.26 Å². The summed E-state index contributed by atoms with van der Waals surface area (Å²) in [4.78, 5) is 9.79. The van der Waals surface area contributed by atoms with Crippen LogP contribution in [-0.4, -0.2) is 9.97 Å². The smallest absolute Gasteiger partial charge is 0.126 e. The lowest BCUT2D eigenvalue weighted by Crippen LogP contribution is -2.17. The summed E-state index contributed by atoms with van der Waals surface area (Å²) in [5, 5.41) is 8.91. The van der Waals surface area contributed by atoms with E-state index in [9.17, 15) is 8.78 Å². The van der Waals surface area contributed by atoms with Crippen molar-refractivity contribution in [3.8, 4) is 6.07 Å². The lowest BCUT2D eigenvalue weighted by atomic mass is 10.1. The van der Waals surface area contributed by atoms with Crippen LogP contribution in [0.1, 0.15) is 11.1 Å². The highest BCUT2D eigenvalue weighted by Gasteiger charge is 2.12. The second-order valence-corrected chi connectivity index (χ2v) is 5.12. The fourth-order valence-corrected chi connectivity index (χ4v) is 2.36.